The van der Waals surface area contributed by atoms with Gasteiger partial charge in [-0.1, -0.05) is 26.0 Å². The van der Waals surface area contributed by atoms with Gasteiger partial charge in [0.15, 0.2) is 0 Å². The van der Waals surface area contributed by atoms with Gasteiger partial charge in [0.2, 0.25) is 0 Å². The van der Waals surface area contributed by atoms with Crippen LogP contribution in [0.3, 0.4) is 0 Å². The highest BCUT2D eigenvalue weighted by Crippen LogP contribution is 2.18. The maximum atomic E-state index is 12.4. The molecule has 2 N–H and O–H groups in total. The van der Waals surface area contributed by atoms with Gasteiger partial charge in [0.05, 0.1) is 0 Å². The highest BCUT2D eigenvalue weighted by molar-refractivity contribution is 6.03. The number of benzene rings is 1. The summed E-state index contributed by atoms with van der Waals surface area (Å²) in [5.41, 5.74) is 4.30. The molecule has 1 aromatic heterocycles. The topological polar surface area (TPSA) is 54.0 Å². The molecule has 0 bridgehead atoms. The third-order valence-corrected chi connectivity index (χ3v) is 3.35. The summed E-state index contributed by atoms with van der Waals surface area (Å²) in [6, 6.07) is 9.65. The lowest BCUT2D eigenvalue weighted by Gasteiger charge is -2.11. The standard InChI is InChI=1S/C18H23N3O/c1-12(2)11-20-15-7-8-19-17(10-15)18(22)21-16-9-13(3)5-6-14(16)4/h5-10,12H,11H2,1-4H3,(H,19,20)(H,21,22). The maximum absolute atomic E-state index is 12.4. The van der Waals surface area contributed by atoms with Crippen LogP contribution in [0.4, 0.5) is 11.4 Å². The minimum Gasteiger partial charge on any atom is -0.385 e. The number of pyridine rings is 1. The van der Waals surface area contributed by atoms with Crippen molar-refractivity contribution in [1.82, 2.24) is 4.98 Å². The molecule has 1 aromatic carbocycles. The second kappa shape index (κ2) is 7.07. The molecule has 4 heteroatoms. The summed E-state index contributed by atoms with van der Waals surface area (Å²) in [5, 5.41) is 6.23. The number of anilines is 2. The molecule has 0 fully saturated rings. The molecular weight excluding hydrogens is 274 g/mol. The number of carbonyl (C=O) groups is 1. The van der Waals surface area contributed by atoms with E-state index < -0.39 is 0 Å². The number of rotatable bonds is 5. The molecule has 1 amide bonds. The van der Waals surface area contributed by atoms with E-state index in [1.807, 2.05) is 38.1 Å². The van der Waals surface area contributed by atoms with E-state index in [0.29, 0.717) is 11.6 Å². The Bertz CT molecular complexity index is 665. The monoisotopic (exact) mass is 297 g/mol. The number of amides is 1. The Labute approximate surface area is 132 Å². The first-order valence-corrected chi connectivity index (χ1v) is 7.54. The molecule has 0 unspecified atom stereocenters. The van der Waals surface area contributed by atoms with Crippen LogP contribution in [0.25, 0.3) is 0 Å². The van der Waals surface area contributed by atoms with Gasteiger partial charge in [0, 0.05) is 24.1 Å². The van der Waals surface area contributed by atoms with Gasteiger partial charge in [-0.05, 0) is 49.1 Å². The van der Waals surface area contributed by atoms with Crippen molar-refractivity contribution in [3.05, 3.63) is 53.3 Å². The van der Waals surface area contributed by atoms with Crippen LogP contribution in [0.2, 0.25) is 0 Å². The number of hydrogen-bond acceptors (Lipinski definition) is 3. The normalized spacial score (nSPS) is 10.6. The Kier molecular flexibility index (Phi) is 5.15. The van der Waals surface area contributed by atoms with Crippen molar-refractivity contribution < 1.29 is 4.79 Å². The largest absolute Gasteiger partial charge is 0.385 e. The molecule has 0 aliphatic heterocycles. The highest BCUT2D eigenvalue weighted by Gasteiger charge is 2.10. The molecule has 0 spiro atoms. The van der Waals surface area contributed by atoms with E-state index in [4.69, 9.17) is 0 Å². The van der Waals surface area contributed by atoms with Gasteiger partial charge >= 0.3 is 0 Å². The first-order valence-electron chi connectivity index (χ1n) is 7.54. The van der Waals surface area contributed by atoms with Gasteiger partial charge in [-0.3, -0.25) is 9.78 Å². The quantitative estimate of drug-likeness (QED) is 0.876. The molecular formula is C18H23N3O. The van der Waals surface area contributed by atoms with Crippen molar-refractivity contribution in [2.24, 2.45) is 5.92 Å². The lowest BCUT2D eigenvalue weighted by Crippen LogP contribution is -2.15. The van der Waals surface area contributed by atoms with Gasteiger partial charge in [-0.2, -0.15) is 0 Å². The average Bonchev–Trinajstić information content (AvgIpc) is 2.49. The van der Waals surface area contributed by atoms with E-state index in [1.54, 1.807) is 12.3 Å². The summed E-state index contributed by atoms with van der Waals surface area (Å²) >= 11 is 0. The third kappa shape index (κ3) is 4.32. The summed E-state index contributed by atoms with van der Waals surface area (Å²) in [7, 11) is 0. The van der Waals surface area contributed by atoms with Crippen molar-refractivity contribution in [3.8, 4) is 0 Å². The number of aromatic nitrogens is 1. The van der Waals surface area contributed by atoms with Crippen molar-refractivity contribution in [3.63, 3.8) is 0 Å². The highest BCUT2D eigenvalue weighted by atomic mass is 16.1. The lowest BCUT2D eigenvalue weighted by atomic mass is 10.1. The fraction of sp³-hybridized carbons (Fsp3) is 0.333. The zero-order valence-corrected chi connectivity index (χ0v) is 13.6. The number of aryl methyl sites for hydroxylation is 2. The fourth-order valence-electron chi connectivity index (χ4n) is 2.04. The molecule has 116 valence electrons. The number of nitrogens with one attached hydrogen (secondary N) is 2. The Balaban J connectivity index is 2.12. The van der Waals surface area contributed by atoms with Crippen LogP contribution >= 0.6 is 0 Å². The maximum Gasteiger partial charge on any atom is 0.274 e. The Morgan fingerprint density at radius 3 is 2.68 bits per heavy atom. The second-order valence-electron chi connectivity index (χ2n) is 5.98. The Hall–Kier alpha value is -2.36. The first-order chi connectivity index (χ1) is 10.5. The Morgan fingerprint density at radius 2 is 1.95 bits per heavy atom. The van der Waals surface area contributed by atoms with Gasteiger partial charge in [0.1, 0.15) is 5.69 Å². The summed E-state index contributed by atoms with van der Waals surface area (Å²) in [4.78, 5) is 16.5. The van der Waals surface area contributed by atoms with Gasteiger partial charge in [-0.25, -0.2) is 0 Å². The Morgan fingerprint density at radius 1 is 1.18 bits per heavy atom. The SMILES string of the molecule is Cc1ccc(C)c(NC(=O)c2cc(NCC(C)C)ccn2)c1. The molecule has 0 aliphatic rings. The summed E-state index contributed by atoms with van der Waals surface area (Å²) in [5.74, 6) is 0.349. The molecule has 0 aliphatic carbocycles. The van der Waals surface area contributed by atoms with E-state index >= 15 is 0 Å². The zero-order valence-electron chi connectivity index (χ0n) is 13.6. The molecule has 2 aromatic rings. The van der Waals surface area contributed by atoms with Gasteiger partial charge in [-0.15, -0.1) is 0 Å². The van der Waals surface area contributed by atoms with E-state index in [-0.39, 0.29) is 5.91 Å². The first kappa shape index (κ1) is 16.0. The molecule has 22 heavy (non-hydrogen) atoms. The van der Waals surface area contributed by atoms with Gasteiger partial charge in [0.25, 0.3) is 5.91 Å². The van der Waals surface area contributed by atoms with E-state index in [1.165, 1.54) is 0 Å². The van der Waals surface area contributed by atoms with Crippen LogP contribution in [0.5, 0.6) is 0 Å². The van der Waals surface area contributed by atoms with E-state index in [0.717, 1.165) is 29.0 Å². The predicted octanol–water partition coefficient (Wildman–Crippen LogP) is 4.02. The molecule has 2 rings (SSSR count). The van der Waals surface area contributed by atoms with Crippen molar-refractivity contribution in [2.75, 3.05) is 17.2 Å². The molecule has 4 nitrogen and oxygen atoms in total. The van der Waals surface area contributed by atoms with Crippen LogP contribution in [-0.2, 0) is 0 Å². The molecule has 0 radical (unpaired) electrons. The number of nitrogens with zero attached hydrogens (tertiary/aromatic N) is 1. The molecule has 1 heterocycles. The minimum absolute atomic E-state index is 0.193. The summed E-state index contributed by atoms with van der Waals surface area (Å²) < 4.78 is 0. The summed E-state index contributed by atoms with van der Waals surface area (Å²) in [6.45, 7) is 9.12. The van der Waals surface area contributed by atoms with Gasteiger partial charge < -0.3 is 10.6 Å². The molecule has 0 atom stereocenters. The van der Waals surface area contributed by atoms with Crippen LogP contribution in [-0.4, -0.2) is 17.4 Å². The summed E-state index contributed by atoms with van der Waals surface area (Å²) in [6.07, 6.45) is 1.65. The lowest BCUT2D eigenvalue weighted by molar-refractivity contribution is 0.102. The number of hydrogen-bond donors (Lipinski definition) is 2. The van der Waals surface area contributed by atoms with Crippen LogP contribution in [0, 0.1) is 19.8 Å². The minimum atomic E-state index is -0.193. The van der Waals surface area contributed by atoms with Crippen molar-refractivity contribution in [1.29, 1.82) is 0 Å². The average molecular weight is 297 g/mol. The second-order valence-corrected chi connectivity index (χ2v) is 5.98. The fourth-order valence-corrected chi connectivity index (χ4v) is 2.04. The molecule has 0 saturated heterocycles. The van der Waals surface area contributed by atoms with E-state index in [2.05, 4.69) is 29.5 Å². The van der Waals surface area contributed by atoms with Crippen LogP contribution in [0.15, 0.2) is 36.5 Å². The molecule has 0 saturated carbocycles. The van der Waals surface area contributed by atoms with Crippen molar-refractivity contribution >= 4 is 17.3 Å². The van der Waals surface area contributed by atoms with Crippen LogP contribution < -0.4 is 10.6 Å². The van der Waals surface area contributed by atoms with Crippen molar-refractivity contribution in [2.45, 2.75) is 27.7 Å². The zero-order chi connectivity index (χ0) is 16.1. The smallest absolute Gasteiger partial charge is 0.274 e. The number of carbonyl (C=O) groups excluding carboxylic acids is 1. The van der Waals surface area contributed by atoms with Crippen LogP contribution in [0.1, 0.15) is 35.5 Å². The third-order valence-electron chi connectivity index (χ3n) is 3.35. The van der Waals surface area contributed by atoms with E-state index in [9.17, 15) is 4.79 Å². The predicted molar refractivity (Wildman–Crippen MR) is 91.4 cm³/mol.